The fourth-order valence-electron chi connectivity index (χ4n) is 2.81. The van der Waals surface area contributed by atoms with Crippen molar-refractivity contribution in [1.82, 2.24) is 10.3 Å². The third kappa shape index (κ3) is 4.03. The van der Waals surface area contributed by atoms with E-state index in [1.807, 2.05) is 19.2 Å². The number of amides is 1. The molecule has 116 valence electrons. The SMILES string of the molecule is CCC(NC(=O)C1CCCC(C(=O)O)C1)c1nc(C)cs1. The van der Waals surface area contributed by atoms with E-state index in [-0.39, 0.29) is 23.8 Å². The zero-order chi connectivity index (χ0) is 15.4. The van der Waals surface area contributed by atoms with Gasteiger partial charge in [-0.25, -0.2) is 4.98 Å². The molecule has 1 aliphatic rings. The number of nitrogens with one attached hydrogen (secondary N) is 1. The number of aliphatic carboxylic acids is 1. The van der Waals surface area contributed by atoms with Gasteiger partial charge in [-0.15, -0.1) is 11.3 Å². The number of carbonyl (C=O) groups is 2. The number of carboxylic acids is 1. The van der Waals surface area contributed by atoms with Crippen LogP contribution in [0.15, 0.2) is 5.38 Å². The second-order valence-electron chi connectivity index (χ2n) is 5.70. The molecule has 2 N–H and O–H groups in total. The Morgan fingerprint density at radius 2 is 2.19 bits per heavy atom. The van der Waals surface area contributed by atoms with Crippen molar-refractivity contribution in [3.8, 4) is 0 Å². The number of hydrogen-bond acceptors (Lipinski definition) is 4. The highest BCUT2D eigenvalue weighted by atomic mass is 32.1. The first kappa shape index (κ1) is 15.9. The van der Waals surface area contributed by atoms with Crippen LogP contribution >= 0.6 is 11.3 Å². The van der Waals surface area contributed by atoms with Crippen molar-refractivity contribution < 1.29 is 14.7 Å². The van der Waals surface area contributed by atoms with E-state index in [0.717, 1.165) is 30.0 Å². The molecule has 2 rings (SSSR count). The molecule has 21 heavy (non-hydrogen) atoms. The Bertz CT molecular complexity index is 515. The largest absolute Gasteiger partial charge is 0.481 e. The summed E-state index contributed by atoms with van der Waals surface area (Å²) in [7, 11) is 0. The van der Waals surface area contributed by atoms with E-state index < -0.39 is 5.97 Å². The van der Waals surface area contributed by atoms with Gasteiger partial charge in [0, 0.05) is 17.0 Å². The van der Waals surface area contributed by atoms with Crippen LogP contribution in [0.2, 0.25) is 0 Å². The lowest BCUT2D eigenvalue weighted by molar-refractivity contribution is -0.144. The van der Waals surface area contributed by atoms with Gasteiger partial charge in [-0.2, -0.15) is 0 Å². The first-order valence-electron chi connectivity index (χ1n) is 7.46. The Morgan fingerprint density at radius 1 is 1.48 bits per heavy atom. The van der Waals surface area contributed by atoms with Crippen LogP contribution < -0.4 is 5.32 Å². The van der Waals surface area contributed by atoms with E-state index in [1.54, 1.807) is 11.3 Å². The molecule has 5 nitrogen and oxygen atoms in total. The molecule has 1 amide bonds. The number of rotatable bonds is 5. The van der Waals surface area contributed by atoms with Gasteiger partial charge in [0.15, 0.2) is 0 Å². The van der Waals surface area contributed by atoms with Crippen LogP contribution in [-0.2, 0) is 9.59 Å². The van der Waals surface area contributed by atoms with Gasteiger partial charge in [0.2, 0.25) is 5.91 Å². The van der Waals surface area contributed by atoms with Crippen molar-refractivity contribution >= 4 is 23.2 Å². The van der Waals surface area contributed by atoms with E-state index in [0.29, 0.717) is 12.8 Å². The summed E-state index contributed by atoms with van der Waals surface area (Å²) >= 11 is 1.56. The fourth-order valence-corrected chi connectivity index (χ4v) is 3.74. The molecule has 0 aliphatic heterocycles. The van der Waals surface area contributed by atoms with Crippen LogP contribution in [0.3, 0.4) is 0 Å². The Kier molecular flexibility index (Phi) is 5.33. The molecular formula is C15H22N2O3S. The molecular weight excluding hydrogens is 288 g/mol. The van der Waals surface area contributed by atoms with E-state index in [2.05, 4.69) is 10.3 Å². The number of thiazole rings is 1. The third-order valence-electron chi connectivity index (χ3n) is 4.05. The highest BCUT2D eigenvalue weighted by molar-refractivity contribution is 7.09. The van der Waals surface area contributed by atoms with Gasteiger partial charge in [-0.05, 0) is 32.6 Å². The number of carboxylic acid groups (broad SMARTS) is 1. The van der Waals surface area contributed by atoms with Gasteiger partial charge in [0.05, 0.1) is 12.0 Å². The van der Waals surface area contributed by atoms with E-state index in [1.165, 1.54) is 0 Å². The maximum Gasteiger partial charge on any atom is 0.306 e. The van der Waals surface area contributed by atoms with Crippen molar-refractivity contribution in [1.29, 1.82) is 0 Å². The summed E-state index contributed by atoms with van der Waals surface area (Å²) in [6.45, 7) is 3.95. The maximum atomic E-state index is 12.4. The van der Waals surface area contributed by atoms with E-state index >= 15 is 0 Å². The zero-order valence-electron chi connectivity index (χ0n) is 12.5. The van der Waals surface area contributed by atoms with Crippen LogP contribution in [0, 0.1) is 18.8 Å². The minimum atomic E-state index is -0.782. The summed E-state index contributed by atoms with van der Waals surface area (Å²) in [6.07, 6.45) is 3.51. The quantitative estimate of drug-likeness (QED) is 0.876. The maximum absolute atomic E-state index is 12.4. The normalized spacial score (nSPS) is 23.5. The number of aromatic nitrogens is 1. The molecule has 3 atom stereocenters. The van der Waals surface area contributed by atoms with Gasteiger partial charge < -0.3 is 10.4 Å². The van der Waals surface area contributed by atoms with Gasteiger partial charge in [0.25, 0.3) is 0 Å². The average molecular weight is 310 g/mol. The lowest BCUT2D eigenvalue weighted by Gasteiger charge is -2.27. The molecule has 3 unspecified atom stereocenters. The Hall–Kier alpha value is -1.43. The summed E-state index contributed by atoms with van der Waals surface area (Å²) in [6, 6.07) is -0.0681. The molecule has 1 saturated carbocycles. The summed E-state index contributed by atoms with van der Waals surface area (Å²) < 4.78 is 0. The van der Waals surface area contributed by atoms with E-state index in [9.17, 15) is 9.59 Å². The molecule has 1 fully saturated rings. The molecule has 0 bridgehead atoms. The van der Waals surface area contributed by atoms with Gasteiger partial charge >= 0.3 is 5.97 Å². The average Bonchev–Trinajstić information content (AvgIpc) is 2.91. The topological polar surface area (TPSA) is 79.3 Å². The summed E-state index contributed by atoms with van der Waals surface area (Å²) in [4.78, 5) is 27.9. The third-order valence-corrected chi connectivity index (χ3v) is 5.13. The molecule has 1 aromatic heterocycles. The monoisotopic (exact) mass is 310 g/mol. The predicted molar refractivity (Wildman–Crippen MR) is 81.1 cm³/mol. The summed E-state index contributed by atoms with van der Waals surface area (Å²) in [5.74, 6) is -1.37. The Balaban J connectivity index is 1.97. The number of aryl methyl sites for hydroxylation is 1. The lowest BCUT2D eigenvalue weighted by Crippen LogP contribution is -2.37. The smallest absolute Gasteiger partial charge is 0.306 e. The molecule has 1 heterocycles. The highest BCUT2D eigenvalue weighted by Crippen LogP contribution is 2.30. The first-order valence-corrected chi connectivity index (χ1v) is 8.34. The second-order valence-corrected chi connectivity index (χ2v) is 6.58. The van der Waals surface area contributed by atoms with Crippen LogP contribution in [0.25, 0.3) is 0 Å². The molecule has 1 aliphatic carbocycles. The lowest BCUT2D eigenvalue weighted by atomic mass is 9.81. The minimum absolute atomic E-state index is 0.0272. The Morgan fingerprint density at radius 3 is 2.76 bits per heavy atom. The van der Waals surface area contributed by atoms with Crippen molar-refractivity contribution in [2.24, 2.45) is 11.8 Å². The van der Waals surface area contributed by atoms with Gasteiger partial charge in [-0.3, -0.25) is 9.59 Å². The number of hydrogen-bond donors (Lipinski definition) is 2. The summed E-state index contributed by atoms with van der Waals surface area (Å²) in [5.41, 5.74) is 0.964. The predicted octanol–water partition coefficient (Wildman–Crippen LogP) is 2.91. The van der Waals surface area contributed by atoms with Crippen LogP contribution in [0.4, 0.5) is 0 Å². The first-order chi connectivity index (χ1) is 10.0. The Labute approximate surface area is 128 Å². The number of carbonyl (C=O) groups excluding carboxylic acids is 1. The van der Waals surface area contributed by atoms with Crippen LogP contribution in [0.5, 0.6) is 0 Å². The second kappa shape index (κ2) is 7.02. The van der Waals surface area contributed by atoms with Gasteiger partial charge in [0.1, 0.15) is 5.01 Å². The van der Waals surface area contributed by atoms with E-state index in [4.69, 9.17) is 5.11 Å². The molecule has 0 saturated heterocycles. The van der Waals surface area contributed by atoms with Crippen molar-refractivity contribution in [2.45, 2.75) is 52.0 Å². The number of nitrogens with zero attached hydrogens (tertiary/aromatic N) is 1. The van der Waals surface area contributed by atoms with Crippen LogP contribution in [-0.4, -0.2) is 22.0 Å². The van der Waals surface area contributed by atoms with Crippen molar-refractivity contribution in [3.05, 3.63) is 16.1 Å². The highest BCUT2D eigenvalue weighted by Gasteiger charge is 2.32. The summed E-state index contributed by atoms with van der Waals surface area (Å²) in [5, 5.41) is 15.1. The van der Waals surface area contributed by atoms with Gasteiger partial charge in [-0.1, -0.05) is 13.3 Å². The molecule has 0 aromatic carbocycles. The molecule has 0 spiro atoms. The fraction of sp³-hybridized carbons (Fsp3) is 0.667. The molecule has 6 heteroatoms. The molecule has 0 radical (unpaired) electrons. The minimum Gasteiger partial charge on any atom is -0.481 e. The molecule has 1 aromatic rings. The van der Waals surface area contributed by atoms with Crippen molar-refractivity contribution in [3.63, 3.8) is 0 Å². The standard InChI is InChI=1S/C15H22N2O3S/c1-3-12(14-16-9(2)8-21-14)17-13(18)10-5-4-6-11(7-10)15(19)20/h8,10-12H,3-7H2,1-2H3,(H,17,18)(H,19,20). The zero-order valence-corrected chi connectivity index (χ0v) is 13.3. The van der Waals surface area contributed by atoms with Crippen LogP contribution in [0.1, 0.15) is 55.8 Å². The van der Waals surface area contributed by atoms with Crippen molar-refractivity contribution in [2.75, 3.05) is 0 Å².